The summed E-state index contributed by atoms with van der Waals surface area (Å²) in [5, 5.41) is 2.87. The molecule has 0 bridgehead atoms. The van der Waals surface area contributed by atoms with Gasteiger partial charge >= 0.3 is 5.91 Å². The van der Waals surface area contributed by atoms with Gasteiger partial charge < -0.3 is 19.4 Å². The van der Waals surface area contributed by atoms with Crippen LogP contribution in [0.15, 0.2) is 4.42 Å². The number of likely N-dealkylation sites (N-methyl/N-ethyl adjacent to an activating group) is 1. The minimum absolute atomic E-state index is 0.0266. The van der Waals surface area contributed by atoms with Crippen molar-refractivity contribution < 1.29 is 13.9 Å². The molecule has 3 heterocycles. The minimum atomic E-state index is -0.257. The van der Waals surface area contributed by atoms with Crippen LogP contribution in [0.5, 0.6) is 0 Å². The second-order valence-electron chi connectivity index (χ2n) is 6.67. The Labute approximate surface area is 137 Å². The van der Waals surface area contributed by atoms with E-state index in [9.17, 15) is 4.79 Å². The zero-order chi connectivity index (χ0) is 16.4. The van der Waals surface area contributed by atoms with E-state index in [1.165, 1.54) is 0 Å². The predicted octanol–water partition coefficient (Wildman–Crippen LogP) is 0.502. The molecule has 2 aliphatic rings. The number of amides is 1. The van der Waals surface area contributed by atoms with Crippen LogP contribution in [-0.2, 0) is 17.7 Å². The summed E-state index contributed by atoms with van der Waals surface area (Å²) in [5.41, 5.74) is 0.892. The number of rotatable bonds is 4. The summed E-state index contributed by atoms with van der Waals surface area (Å²) in [7, 11) is 2.06. The molecule has 0 radical (unpaired) electrons. The van der Waals surface area contributed by atoms with E-state index in [4.69, 9.17) is 9.15 Å². The smallest absolute Gasteiger partial charge is 0.307 e. The maximum absolute atomic E-state index is 12.3. The summed E-state index contributed by atoms with van der Waals surface area (Å²) in [5.74, 6) is 0.762. The second-order valence-corrected chi connectivity index (χ2v) is 6.67. The van der Waals surface area contributed by atoms with Crippen LogP contribution in [0.1, 0.15) is 36.0 Å². The number of ether oxygens (including phenoxy) is 1. The number of morpholine rings is 1. The zero-order valence-electron chi connectivity index (χ0n) is 14.2. The van der Waals surface area contributed by atoms with Gasteiger partial charge in [-0.1, -0.05) is 0 Å². The van der Waals surface area contributed by atoms with Gasteiger partial charge in [0, 0.05) is 45.2 Å². The fourth-order valence-electron chi connectivity index (χ4n) is 3.03. The van der Waals surface area contributed by atoms with Crippen molar-refractivity contribution in [3.05, 3.63) is 17.3 Å². The average Bonchev–Trinajstić information content (AvgIpc) is 2.95. The maximum atomic E-state index is 12.3. The lowest BCUT2D eigenvalue weighted by molar-refractivity contribution is -0.0176. The summed E-state index contributed by atoms with van der Waals surface area (Å²) in [4.78, 5) is 21.2. The van der Waals surface area contributed by atoms with Gasteiger partial charge in [-0.15, -0.1) is 0 Å². The molecule has 1 aromatic rings. The van der Waals surface area contributed by atoms with Gasteiger partial charge in [0.15, 0.2) is 0 Å². The fourth-order valence-corrected chi connectivity index (χ4v) is 3.03. The Morgan fingerprint density at radius 2 is 2.26 bits per heavy atom. The molecule has 0 aliphatic carbocycles. The summed E-state index contributed by atoms with van der Waals surface area (Å²) in [6.45, 7) is 8.97. The molecule has 3 rings (SSSR count). The highest BCUT2D eigenvalue weighted by atomic mass is 16.5. The highest BCUT2D eigenvalue weighted by molar-refractivity contribution is 5.89. The first-order chi connectivity index (χ1) is 11.0. The molecular weight excluding hydrogens is 296 g/mol. The number of carbonyl (C=O) groups excluding carboxylic acids is 1. The molecule has 0 aromatic carbocycles. The first-order valence-corrected chi connectivity index (χ1v) is 8.34. The quantitative estimate of drug-likeness (QED) is 0.870. The van der Waals surface area contributed by atoms with Crippen LogP contribution in [0.25, 0.3) is 0 Å². The number of oxazole rings is 1. The molecule has 1 fully saturated rings. The fraction of sp³-hybridized carbons (Fsp3) is 0.750. The van der Waals surface area contributed by atoms with Crippen LogP contribution >= 0.6 is 0 Å². The first-order valence-electron chi connectivity index (χ1n) is 8.34. The molecule has 0 saturated carbocycles. The Hall–Kier alpha value is -1.44. The lowest BCUT2D eigenvalue weighted by Crippen LogP contribution is -2.46. The topological polar surface area (TPSA) is 70.8 Å². The third-order valence-corrected chi connectivity index (χ3v) is 4.51. The van der Waals surface area contributed by atoms with Crippen molar-refractivity contribution in [3.8, 4) is 0 Å². The molecular formula is C16H26N4O3. The molecule has 23 heavy (non-hydrogen) atoms. The summed E-state index contributed by atoms with van der Waals surface area (Å²) in [6, 6.07) is 0.470. The largest absolute Gasteiger partial charge is 0.437 e. The number of hydrogen-bond donors (Lipinski definition) is 1. The van der Waals surface area contributed by atoms with Crippen molar-refractivity contribution in [1.29, 1.82) is 0 Å². The predicted molar refractivity (Wildman–Crippen MR) is 85.3 cm³/mol. The number of nitrogens with zero attached hydrogens (tertiary/aromatic N) is 3. The number of aromatic nitrogens is 1. The van der Waals surface area contributed by atoms with E-state index in [-0.39, 0.29) is 17.9 Å². The normalized spacial score (nSPS) is 23.0. The Balaban J connectivity index is 1.56. The number of carbonyl (C=O) groups is 1. The van der Waals surface area contributed by atoms with Crippen molar-refractivity contribution in [1.82, 2.24) is 20.1 Å². The third kappa shape index (κ3) is 3.91. The van der Waals surface area contributed by atoms with Crippen LogP contribution < -0.4 is 5.32 Å². The van der Waals surface area contributed by atoms with Gasteiger partial charge in [-0.05, 0) is 20.9 Å². The second kappa shape index (κ2) is 6.98. The van der Waals surface area contributed by atoms with E-state index in [1.54, 1.807) is 0 Å². The SMILES string of the molecule is CC(C)N1CCc2oc(C(=O)NC[C@H]3CN(C)CCO3)nc2C1. The molecule has 1 N–H and O–H groups in total. The van der Waals surface area contributed by atoms with E-state index >= 15 is 0 Å². The van der Waals surface area contributed by atoms with Gasteiger partial charge in [0.05, 0.1) is 18.4 Å². The molecule has 7 heteroatoms. The van der Waals surface area contributed by atoms with Crippen molar-refractivity contribution in [2.24, 2.45) is 0 Å². The zero-order valence-corrected chi connectivity index (χ0v) is 14.2. The van der Waals surface area contributed by atoms with E-state index in [0.29, 0.717) is 19.2 Å². The monoisotopic (exact) mass is 322 g/mol. The standard InChI is InChI=1S/C16H26N4O3/c1-11(2)20-5-4-14-13(10-20)18-16(23-14)15(21)17-8-12-9-19(3)6-7-22-12/h11-12H,4-10H2,1-3H3,(H,17,21)/t12-/m0/s1. The lowest BCUT2D eigenvalue weighted by Gasteiger charge is -2.29. The Morgan fingerprint density at radius 3 is 3.00 bits per heavy atom. The van der Waals surface area contributed by atoms with Gasteiger partial charge in [-0.25, -0.2) is 4.98 Å². The molecule has 1 aromatic heterocycles. The van der Waals surface area contributed by atoms with Crippen molar-refractivity contribution in [2.45, 2.75) is 39.0 Å². The van der Waals surface area contributed by atoms with Gasteiger partial charge in [0.25, 0.3) is 5.89 Å². The van der Waals surface area contributed by atoms with Gasteiger partial charge in [0.2, 0.25) is 0 Å². The van der Waals surface area contributed by atoms with E-state index in [1.807, 2.05) is 0 Å². The van der Waals surface area contributed by atoms with Crippen molar-refractivity contribution >= 4 is 5.91 Å². The highest BCUT2D eigenvalue weighted by Gasteiger charge is 2.26. The number of hydrogen-bond acceptors (Lipinski definition) is 6. The molecule has 0 unspecified atom stereocenters. The lowest BCUT2D eigenvalue weighted by atomic mass is 10.1. The van der Waals surface area contributed by atoms with Gasteiger partial charge in [0.1, 0.15) is 5.76 Å². The van der Waals surface area contributed by atoms with E-state index < -0.39 is 0 Å². The molecule has 0 spiro atoms. The number of nitrogens with one attached hydrogen (secondary N) is 1. The molecule has 1 saturated heterocycles. The Kier molecular flexibility index (Phi) is 4.99. The van der Waals surface area contributed by atoms with Crippen LogP contribution in [-0.4, -0.2) is 72.7 Å². The maximum Gasteiger partial charge on any atom is 0.307 e. The first kappa shape index (κ1) is 16.4. The van der Waals surface area contributed by atoms with Gasteiger partial charge in [-0.2, -0.15) is 0 Å². The average molecular weight is 322 g/mol. The number of fused-ring (bicyclic) bond motifs is 1. The van der Waals surface area contributed by atoms with Gasteiger partial charge in [-0.3, -0.25) is 9.69 Å². The van der Waals surface area contributed by atoms with Crippen molar-refractivity contribution in [3.63, 3.8) is 0 Å². The molecule has 1 amide bonds. The summed E-state index contributed by atoms with van der Waals surface area (Å²) in [6.07, 6.45) is 0.836. The third-order valence-electron chi connectivity index (χ3n) is 4.51. The van der Waals surface area contributed by atoms with Crippen LogP contribution in [0.4, 0.5) is 0 Å². The molecule has 1 atom stereocenters. The molecule has 7 nitrogen and oxygen atoms in total. The van der Waals surface area contributed by atoms with Crippen LogP contribution in [0.2, 0.25) is 0 Å². The summed E-state index contributed by atoms with van der Waals surface area (Å²) >= 11 is 0. The van der Waals surface area contributed by atoms with E-state index in [2.05, 4.69) is 41.0 Å². The minimum Gasteiger partial charge on any atom is -0.437 e. The molecule has 2 aliphatic heterocycles. The van der Waals surface area contributed by atoms with E-state index in [0.717, 1.165) is 44.1 Å². The van der Waals surface area contributed by atoms with Crippen LogP contribution in [0, 0.1) is 0 Å². The Morgan fingerprint density at radius 1 is 1.43 bits per heavy atom. The summed E-state index contributed by atoms with van der Waals surface area (Å²) < 4.78 is 11.3. The van der Waals surface area contributed by atoms with Crippen molar-refractivity contribution in [2.75, 3.05) is 39.8 Å². The molecule has 128 valence electrons. The Bertz CT molecular complexity index is 558. The van der Waals surface area contributed by atoms with Crippen LogP contribution in [0.3, 0.4) is 0 Å². The highest BCUT2D eigenvalue weighted by Crippen LogP contribution is 2.21.